The molecule has 0 aromatic heterocycles. The van der Waals surface area contributed by atoms with Gasteiger partial charge in [0.1, 0.15) is 6.61 Å². The Morgan fingerprint density at radius 1 is 1.12 bits per heavy atom. The van der Waals surface area contributed by atoms with E-state index < -0.39 is 22.2 Å². The maximum Gasteiger partial charge on any atom is 0.407 e. The van der Waals surface area contributed by atoms with Crippen molar-refractivity contribution in [1.29, 1.82) is 0 Å². The smallest absolute Gasteiger partial charge is 0.407 e. The molecule has 3 rings (SSSR count). The molecule has 0 saturated heterocycles. The molecule has 0 aliphatic heterocycles. The van der Waals surface area contributed by atoms with Crippen LogP contribution in [0.25, 0.3) is 11.1 Å². The van der Waals surface area contributed by atoms with E-state index in [4.69, 9.17) is 9.88 Å². The second kappa shape index (κ2) is 6.85. The third-order valence-corrected chi connectivity index (χ3v) is 5.15. The van der Waals surface area contributed by atoms with E-state index >= 15 is 0 Å². The van der Waals surface area contributed by atoms with Gasteiger partial charge in [0.15, 0.2) is 0 Å². The van der Waals surface area contributed by atoms with Crippen molar-refractivity contribution < 1.29 is 17.9 Å². The number of primary sulfonamides is 1. The molecular weight excluding hydrogens is 340 g/mol. The lowest BCUT2D eigenvalue weighted by atomic mass is 9.98. The van der Waals surface area contributed by atoms with E-state index in [2.05, 4.69) is 17.4 Å². The monoisotopic (exact) mass is 360 g/mol. The maximum atomic E-state index is 12.0. The molecule has 2 aromatic rings. The normalized spacial score (nSPS) is 14.5. The molecule has 25 heavy (non-hydrogen) atoms. The van der Waals surface area contributed by atoms with Gasteiger partial charge < -0.3 is 10.1 Å². The van der Waals surface area contributed by atoms with Crippen molar-refractivity contribution >= 4 is 16.1 Å². The summed E-state index contributed by atoms with van der Waals surface area (Å²) in [7, 11) is -3.65. The molecule has 1 aliphatic carbocycles. The van der Waals surface area contributed by atoms with Gasteiger partial charge in [-0.05, 0) is 29.2 Å². The van der Waals surface area contributed by atoms with Crippen molar-refractivity contribution in [3.8, 4) is 11.1 Å². The van der Waals surface area contributed by atoms with Gasteiger partial charge in [0.25, 0.3) is 0 Å². The summed E-state index contributed by atoms with van der Waals surface area (Å²) in [5, 5.41) is 7.46. The van der Waals surface area contributed by atoms with Crippen LogP contribution < -0.4 is 10.5 Å². The highest BCUT2D eigenvalue weighted by atomic mass is 32.2. The number of sulfonamides is 1. The minimum atomic E-state index is -3.65. The molecule has 1 aliphatic rings. The molecule has 0 saturated carbocycles. The van der Waals surface area contributed by atoms with E-state index in [0.717, 1.165) is 22.3 Å². The number of hydrogen-bond donors (Lipinski definition) is 2. The topological polar surface area (TPSA) is 98.5 Å². The molecule has 1 atom stereocenters. The summed E-state index contributed by atoms with van der Waals surface area (Å²) in [4.78, 5) is 12.0. The lowest BCUT2D eigenvalue weighted by molar-refractivity contribution is 0.140. The first-order chi connectivity index (χ1) is 11.8. The molecule has 0 bridgehead atoms. The number of alkyl carbamates (subject to hydrolysis) is 1. The summed E-state index contributed by atoms with van der Waals surface area (Å²) >= 11 is 0. The first kappa shape index (κ1) is 17.4. The average Bonchev–Trinajstić information content (AvgIpc) is 2.85. The zero-order chi connectivity index (χ0) is 18.0. The van der Waals surface area contributed by atoms with Crippen LogP contribution in [-0.4, -0.2) is 32.9 Å². The largest absolute Gasteiger partial charge is 0.449 e. The molecule has 0 heterocycles. The molecule has 2 aromatic carbocycles. The van der Waals surface area contributed by atoms with Gasteiger partial charge in [0, 0.05) is 12.0 Å². The lowest BCUT2D eigenvalue weighted by Gasteiger charge is -2.16. The molecule has 0 fully saturated rings. The van der Waals surface area contributed by atoms with E-state index in [0.29, 0.717) is 0 Å². The van der Waals surface area contributed by atoms with Crippen LogP contribution in [0.4, 0.5) is 4.79 Å². The summed E-state index contributed by atoms with van der Waals surface area (Å²) in [5.74, 6) is -0.372. The SMILES string of the molecule is C[C@@H](CS(N)(=O)=O)NC(=O)OCC1c2ccccc2-c2ccccc21. The minimum absolute atomic E-state index is 0.0355. The minimum Gasteiger partial charge on any atom is -0.449 e. The number of nitrogens with two attached hydrogens (primary N) is 1. The van der Waals surface area contributed by atoms with Crippen molar-refractivity contribution in [2.75, 3.05) is 12.4 Å². The Kier molecular flexibility index (Phi) is 4.78. The predicted octanol–water partition coefficient (Wildman–Crippen LogP) is 2.20. The Balaban J connectivity index is 1.68. The summed E-state index contributed by atoms with van der Waals surface area (Å²) in [6, 6.07) is 15.5. The number of nitrogens with one attached hydrogen (secondary N) is 1. The zero-order valence-corrected chi connectivity index (χ0v) is 14.6. The fraction of sp³-hybridized carbons (Fsp3) is 0.278. The number of amides is 1. The van der Waals surface area contributed by atoms with Gasteiger partial charge in [-0.2, -0.15) is 0 Å². The predicted molar refractivity (Wildman–Crippen MR) is 95.6 cm³/mol. The quantitative estimate of drug-likeness (QED) is 0.854. The first-order valence-corrected chi connectivity index (χ1v) is 9.68. The Morgan fingerprint density at radius 3 is 2.16 bits per heavy atom. The van der Waals surface area contributed by atoms with Gasteiger partial charge in [-0.25, -0.2) is 18.4 Å². The van der Waals surface area contributed by atoms with Gasteiger partial charge in [-0.15, -0.1) is 0 Å². The van der Waals surface area contributed by atoms with Crippen LogP contribution in [0.5, 0.6) is 0 Å². The highest BCUT2D eigenvalue weighted by molar-refractivity contribution is 7.89. The van der Waals surface area contributed by atoms with Crippen molar-refractivity contribution in [1.82, 2.24) is 5.32 Å². The van der Waals surface area contributed by atoms with Gasteiger partial charge in [-0.1, -0.05) is 48.5 Å². The highest BCUT2D eigenvalue weighted by Gasteiger charge is 2.29. The standard InChI is InChI=1S/C18H20N2O4S/c1-12(11-25(19,22)23)20-18(21)24-10-17-15-8-4-2-6-13(15)14-7-3-5-9-16(14)17/h2-9,12,17H,10-11H2,1H3,(H,20,21)(H2,19,22,23)/t12-/m0/s1. The fourth-order valence-corrected chi connectivity index (χ4v) is 4.01. The van der Waals surface area contributed by atoms with Crippen LogP contribution >= 0.6 is 0 Å². The third-order valence-electron chi connectivity index (χ3n) is 4.19. The van der Waals surface area contributed by atoms with Crippen LogP contribution in [0.3, 0.4) is 0 Å². The fourth-order valence-electron chi connectivity index (χ4n) is 3.23. The number of fused-ring (bicyclic) bond motifs is 3. The Morgan fingerprint density at radius 2 is 1.64 bits per heavy atom. The number of ether oxygens (including phenoxy) is 1. The van der Waals surface area contributed by atoms with Crippen molar-refractivity contribution in [3.05, 3.63) is 59.7 Å². The van der Waals surface area contributed by atoms with Crippen molar-refractivity contribution in [2.45, 2.75) is 18.9 Å². The second-order valence-electron chi connectivity index (χ2n) is 6.20. The van der Waals surface area contributed by atoms with Crippen LogP contribution in [0, 0.1) is 0 Å². The first-order valence-electron chi connectivity index (χ1n) is 7.97. The molecule has 6 nitrogen and oxygen atoms in total. The Bertz CT molecular complexity index is 850. The molecule has 3 N–H and O–H groups in total. The second-order valence-corrected chi connectivity index (χ2v) is 7.86. The lowest BCUT2D eigenvalue weighted by Crippen LogP contribution is -2.40. The maximum absolute atomic E-state index is 12.0. The van der Waals surface area contributed by atoms with Crippen LogP contribution in [0.15, 0.2) is 48.5 Å². The van der Waals surface area contributed by atoms with Gasteiger partial charge in [-0.3, -0.25) is 0 Å². The summed E-state index contributed by atoms with van der Waals surface area (Å²) < 4.78 is 27.4. The van der Waals surface area contributed by atoms with E-state index in [1.54, 1.807) is 6.92 Å². The molecule has 132 valence electrons. The molecule has 0 radical (unpaired) electrons. The molecule has 1 amide bonds. The number of benzene rings is 2. The summed E-state index contributed by atoms with van der Waals surface area (Å²) in [5.41, 5.74) is 4.53. The van der Waals surface area contributed by atoms with Crippen LogP contribution in [0.2, 0.25) is 0 Å². The highest BCUT2D eigenvalue weighted by Crippen LogP contribution is 2.44. The van der Waals surface area contributed by atoms with Crippen LogP contribution in [0.1, 0.15) is 24.0 Å². The summed E-state index contributed by atoms with van der Waals surface area (Å²) in [6.45, 7) is 1.74. The number of carbonyl (C=O) groups is 1. The Hall–Kier alpha value is -2.38. The average molecular weight is 360 g/mol. The number of rotatable bonds is 5. The molecule has 7 heteroatoms. The van der Waals surface area contributed by atoms with E-state index in [9.17, 15) is 13.2 Å². The molecule has 0 unspecified atom stereocenters. The van der Waals surface area contributed by atoms with Gasteiger partial charge in [0.05, 0.1) is 5.75 Å². The van der Waals surface area contributed by atoms with Crippen molar-refractivity contribution in [2.24, 2.45) is 5.14 Å². The summed E-state index contributed by atoms with van der Waals surface area (Å²) in [6.07, 6.45) is -0.655. The number of hydrogen-bond acceptors (Lipinski definition) is 4. The Labute approximate surface area is 147 Å². The van der Waals surface area contributed by atoms with Gasteiger partial charge in [0.2, 0.25) is 10.0 Å². The van der Waals surface area contributed by atoms with Gasteiger partial charge >= 0.3 is 6.09 Å². The molecular formula is C18H20N2O4S. The van der Waals surface area contributed by atoms with E-state index in [1.165, 1.54) is 0 Å². The van der Waals surface area contributed by atoms with Crippen LogP contribution in [-0.2, 0) is 14.8 Å². The number of carbonyl (C=O) groups excluding carboxylic acids is 1. The third kappa shape index (κ3) is 4.00. The van der Waals surface area contributed by atoms with E-state index in [1.807, 2.05) is 36.4 Å². The van der Waals surface area contributed by atoms with Crippen molar-refractivity contribution in [3.63, 3.8) is 0 Å². The molecule has 0 spiro atoms. The van der Waals surface area contributed by atoms with E-state index in [-0.39, 0.29) is 18.3 Å². The zero-order valence-electron chi connectivity index (χ0n) is 13.8.